The maximum absolute atomic E-state index is 5.93. The average Bonchev–Trinajstić information content (AvgIpc) is 3.07. The molecule has 0 spiro atoms. The molecule has 9 nitrogen and oxygen atoms in total. The highest BCUT2D eigenvalue weighted by atomic mass is 16.5. The van der Waals surface area contributed by atoms with Crippen molar-refractivity contribution in [3.63, 3.8) is 0 Å². The lowest BCUT2D eigenvalue weighted by molar-refractivity contribution is -0.0284. The van der Waals surface area contributed by atoms with Crippen LogP contribution in [0.5, 0.6) is 0 Å². The van der Waals surface area contributed by atoms with Crippen LogP contribution in [-0.4, -0.2) is 84.7 Å². The molecule has 1 fully saturated rings. The zero-order valence-corrected chi connectivity index (χ0v) is 17.6. The van der Waals surface area contributed by atoms with E-state index in [2.05, 4.69) is 44.5 Å². The van der Waals surface area contributed by atoms with Crippen LogP contribution in [0.15, 0.2) is 4.99 Å². The van der Waals surface area contributed by atoms with E-state index in [1.807, 2.05) is 11.7 Å². The molecule has 2 N–H and O–H groups in total. The number of morpholine rings is 1. The van der Waals surface area contributed by atoms with E-state index in [9.17, 15) is 0 Å². The molecule has 1 aromatic heterocycles. The van der Waals surface area contributed by atoms with E-state index in [4.69, 9.17) is 9.47 Å². The normalized spacial score (nSPS) is 23.7. The van der Waals surface area contributed by atoms with E-state index in [0.717, 1.165) is 69.8 Å². The van der Waals surface area contributed by atoms with Crippen molar-refractivity contribution in [1.82, 2.24) is 30.3 Å². The van der Waals surface area contributed by atoms with E-state index in [1.54, 1.807) is 7.11 Å². The van der Waals surface area contributed by atoms with Gasteiger partial charge in [0.25, 0.3) is 0 Å². The van der Waals surface area contributed by atoms with Crippen molar-refractivity contribution in [1.29, 1.82) is 0 Å². The van der Waals surface area contributed by atoms with Crippen LogP contribution in [0.3, 0.4) is 0 Å². The number of methoxy groups -OCH3 is 1. The van der Waals surface area contributed by atoms with Gasteiger partial charge in [-0.2, -0.15) is 5.10 Å². The van der Waals surface area contributed by atoms with Crippen molar-refractivity contribution in [2.24, 2.45) is 10.9 Å². The van der Waals surface area contributed by atoms with Gasteiger partial charge in [-0.1, -0.05) is 13.8 Å². The van der Waals surface area contributed by atoms with Crippen molar-refractivity contribution >= 4 is 5.96 Å². The first-order chi connectivity index (χ1) is 13.6. The molecule has 2 aliphatic rings. The zero-order chi connectivity index (χ0) is 19.9. The Hall–Kier alpha value is -1.71. The summed E-state index contributed by atoms with van der Waals surface area (Å²) in [6.45, 7) is 10.4. The molecule has 0 aromatic carbocycles. The van der Waals surface area contributed by atoms with Gasteiger partial charge in [0.15, 0.2) is 11.8 Å². The molecule has 3 heterocycles. The lowest BCUT2D eigenvalue weighted by Crippen LogP contribution is -2.52. The van der Waals surface area contributed by atoms with Gasteiger partial charge in [0.1, 0.15) is 12.4 Å². The van der Waals surface area contributed by atoms with Gasteiger partial charge in [0.2, 0.25) is 0 Å². The number of rotatable bonds is 7. The van der Waals surface area contributed by atoms with Crippen molar-refractivity contribution < 1.29 is 9.47 Å². The molecule has 2 atom stereocenters. The van der Waals surface area contributed by atoms with Crippen molar-refractivity contribution in [3.05, 3.63) is 11.6 Å². The standard InChI is InChI=1S/C19H35N7O2/c1-14(2)10-25-7-8-28-16(12-25)9-21-19(20-3)22-15-5-6-18-23-17(13-27-4)24-26(18)11-15/h14-16H,5-13H2,1-4H3,(H2,20,21,22). The summed E-state index contributed by atoms with van der Waals surface area (Å²) in [5.74, 6) is 3.28. The van der Waals surface area contributed by atoms with Crippen LogP contribution in [0.25, 0.3) is 0 Å². The molecule has 2 aliphatic heterocycles. The maximum Gasteiger partial charge on any atom is 0.191 e. The molecule has 2 unspecified atom stereocenters. The minimum atomic E-state index is 0.191. The summed E-state index contributed by atoms with van der Waals surface area (Å²) < 4.78 is 13.0. The molecule has 158 valence electrons. The van der Waals surface area contributed by atoms with Gasteiger partial charge < -0.3 is 20.1 Å². The van der Waals surface area contributed by atoms with E-state index < -0.39 is 0 Å². The average molecular weight is 394 g/mol. The van der Waals surface area contributed by atoms with E-state index in [0.29, 0.717) is 12.5 Å². The Morgan fingerprint density at radius 2 is 2.25 bits per heavy atom. The van der Waals surface area contributed by atoms with Crippen LogP contribution in [0.4, 0.5) is 0 Å². The van der Waals surface area contributed by atoms with Gasteiger partial charge in [-0.15, -0.1) is 0 Å². The number of aryl methyl sites for hydroxylation is 1. The third kappa shape index (κ3) is 5.89. The Kier molecular flexibility index (Phi) is 7.64. The predicted molar refractivity (Wildman–Crippen MR) is 108 cm³/mol. The molecule has 28 heavy (non-hydrogen) atoms. The monoisotopic (exact) mass is 393 g/mol. The summed E-state index contributed by atoms with van der Waals surface area (Å²) in [6.07, 6.45) is 2.10. The molecule has 1 saturated heterocycles. The molecule has 0 radical (unpaired) electrons. The molecular formula is C19H35N7O2. The molecule has 0 aliphatic carbocycles. The quantitative estimate of drug-likeness (QED) is 0.507. The molecule has 0 saturated carbocycles. The fraction of sp³-hybridized carbons (Fsp3) is 0.842. The summed E-state index contributed by atoms with van der Waals surface area (Å²) in [7, 11) is 3.47. The lowest BCUT2D eigenvalue weighted by Gasteiger charge is -2.34. The Morgan fingerprint density at radius 1 is 1.39 bits per heavy atom. The van der Waals surface area contributed by atoms with Crippen LogP contribution >= 0.6 is 0 Å². The second-order valence-electron chi connectivity index (χ2n) is 8.04. The Morgan fingerprint density at radius 3 is 3.00 bits per heavy atom. The highest BCUT2D eigenvalue weighted by Gasteiger charge is 2.24. The number of ether oxygens (including phenoxy) is 2. The maximum atomic E-state index is 5.93. The van der Waals surface area contributed by atoms with E-state index >= 15 is 0 Å². The molecule has 9 heteroatoms. The van der Waals surface area contributed by atoms with Crippen molar-refractivity contribution in [3.8, 4) is 0 Å². The second kappa shape index (κ2) is 10.2. The fourth-order valence-electron chi connectivity index (χ4n) is 3.85. The lowest BCUT2D eigenvalue weighted by atomic mass is 10.1. The Labute approximate surface area is 167 Å². The van der Waals surface area contributed by atoms with Gasteiger partial charge in [-0.3, -0.25) is 9.89 Å². The van der Waals surface area contributed by atoms with Crippen molar-refractivity contribution in [2.45, 2.75) is 52.0 Å². The van der Waals surface area contributed by atoms with Gasteiger partial charge in [-0.25, -0.2) is 9.67 Å². The van der Waals surface area contributed by atoms with E-state index in [-0.39, 0.29) is 12.1 Å². The van der Waals surface area contributed by atoms with Crippen LogP contribution in [0, 0.1) is 5.92 Å². The van der Waals surface area contributed by atoms with Crippen LogP contribution in [0.2, 0.25) is 0 Å². The third-order valence-electron chi connectivity index (χ3n) is 5.08. The van der Waals surface area contributed by atoms with Gasteiger partial charge in [-0.05, 0) is 12.3 Å². The topological polar surface area (TPSA) is 88.8 Å². The number of guanidine groups is 1. The number of aromatic nitrogens is 3. The van der Waals surface area contributed by atoms with Crippen LogP contribution in [-0.2, 0) is 29.0 Å². The number of nitrogens with zero attached hydrogens (tertiary/aromatic N) is 5. The number of fused-ring (bicyclic) bond motifs is 1. The number of hydrogen-bond donors (Lipinski definition) is 2. The summed E-state index contributed by atoms with van der Waals surface area (Å²) in [4.78, 5) is 11.4. The van der Waals surface area contributed by atoms with Crippen molar-refractivity contribution in [2.75, 3.05) is 46.9 Å². The van der Waals surface area contributed by atoms with Crippen LogP contribution < -0.4 is 10.6 Å². The largest absolute Gasteiger partial charge is 0.377 e. The highest BCUT2D eigenvalue weighted by Crippen LogP contribution is 2.13. The molecule has 0 amide bonds. The first-order valence-corrected chi connectivity index (χ1v) is 10.3. The first-order valence-electron chi connectivity index (χ1n) is 10.3. The minimum absolute atomic E-state index is 0.191. The summed E-state index contributed by atoms with van der Waals surface area (Å²) in [5, 5.41) is 11.5. The first kappa shape index (κ1) is 21.0. The molecule has 1 aromatic rings. The number of hydrogen-bond acceptors (Lipinski definition) is 6. The number of aliphatic imine (C=N–C) groups is 1. The van der Waals surface area contributed by atoms with Gasteiger partial charge in [0, 0.05) is 52.8 Å². The summed E-state index contributed by atoms with van der Waals surface area (Å²) in [5.41, 5.74) is 0. The third-order valence-corrected chi connectivity index (χ3v) is 5.08. The summed E-state index contributed by atoms with van der Waals surface area (Å²) in [6, 6.07) is 0.278. The molecular weight excluding hydrogens is 358 g/mol. The Balaban J connectivity index is 1.45. The van der Waals surface area contributed by atoms with Crippen LogP contribution in [0.1, 0.15) is 31.9 Å². The smallest absolute Gasteiger partial charge is 0.191 e. The second-order valence-corrected chi connectivity index (χ2v) is 8.04. The molecule has 3 rings (SSSR count). The SMILES string of the molecule is CN=C(NCC1CN(CC(C)C)CCO1)NC1CCc2nc(COC)nn2C1. The Bertz CT molecular complexity index is 646. The van der Waals surface area contributed by atoms with Gasteiger partial charge >= 0.3 is 0 Å². The van der Waals surface area contributed by atoms with Gasteiger partial charge in [0.05, 0.1) is 19.3 Å². The number of nitrogens with one attached hydrogen (secondary N) is 2. The predicted octanol–water partition coefficient (Wildman–Crippen LogP) is 0.261. The fourth-order valence-corrected chi connectivity index (χ4v) is 3.85. The highest BCUT2D eigenvalue weighted by molar-refractivity contribution is 5.80. The zero-order valence-electron chi connectivity index (χ0n) is 17.6. The van der Waals surface area contributed by atoms with E-state index in [1.165, 1.54) is 0 Å². The minimum Gasteiger partial charge on any atom is -0.377 e. The summed E-state index contributed by atoms with van der Waals surface area (Å²) >= 11 is 0. The molecule has 0 bridgehead atoms.